The highest BCUT2D eigenvalue weighted by Gasteiger charge is 2.25. The molecular formula is C38H29Cl2N3O3S. The molecule has 0 unspecified atom stereocenters. The van der Waals surface area contributed by atoms with Crippen LogP contribution in [0.15, 0.2) is 132 Å². The molecule has 5 aromatic carbocycles. The van der Waals surface area contributed by atoms with Gasteiger partial charge in [0.15, 0.2) is 0 Å². The molecule has 47 heavy (non-hydrogen) atoms. The Morgan fingerprint density at radius 1 is 0.745 bits per heavy atom. The van der Waals surface area contributed by atoms with Crippen LogP contribution in [0.4, 0.5) is 17.1 Å². The van der Waals surface area contributed by atoms with Crippen molar-refractivity contribution in [2.24, 2.45) is 0 Å². The van der Waals surface area contributed by atoms with Crippen LogP contribution >= 0.6 is 35.0 Å². The lowest BCUT2D eigenvalue weighted by molar-refractivity contribution is -0.115. The molecule has 0 radical (unpaired) electrons. The summed E-state index contributed by atoms with van der Waals surface area (Å²) in [5.74, 6) is -0.865. The predicted octanol–water partition coefficient (Wildman–Crippen LogP) is 8.96. The molecule has 0 saturated carbocycles. The van der Waals surface area contributed by atoms with E-state index in [4.69, 9.17) is 23.2 Å². The highest BCUT2D eigenvalue weighted by Crippen LogP contribution is 2.37. The summed E-state index contributed by atoms with van der Waals surface area (Å²) in [6, 6.07) is 36.9. The first kappa shape index (κ1) is 32.1. The lowest BCUT2D eigenvalue weighted by Crippen LogP contribution is -2.30. The van der Waals surface area contributed by atoms with Crippen molar-refractivity contribution in [3.8, 4) is 0 Å². The number of nitrogens with zero attached hydrogens (tertiary/aromatic N) is 1. The number of fused-ring (bicyclic) bond motifs is 2. The predicted molar refractivity (Wildman–Crippen MR) is 192 cm³/mol. The number of halogens is 2. The molecule has 9 heteroatoms. The van der Waals surface area contributed by atoms with Crippen LogP contribution in [0.25, 0.3) is 6.08 Å². The van der Waals surface area contributed by atoms with E-state index >= 15 is 0 Å². The quantitative estimate of drug-likeness (QED) is 0.127. The van der Waals surface area contributed by atoms with E-state index in [-0.39, 0.29) is 22.4 Å². The molecule has 3 amide bonds. The Morgan fingerprint density at radius 3 is 2.09 bits per heavy atom. The van der Waals surface area contributed by atoms with Gasteiger partial charge in [-0.05, 0) is 84.1 Å². The normalized spacial score (nSPS) is 12.4. The number of amides is 3. The Labute approximate surface area is 287 Å². The summed E-state index contributed by atoms with van der Waals surface area (Å²) in [6.45, 7) is 0. The number of nitrogens with one attached hydrogen (secondary N) is 2. The fourth-order valence-corrected chi connectivity index (χ4v) is 6.52. The van der Waals surface area contributed by atoms with E-state index in [2.05, 4.69) is 22.8 Å². The molecule has 234 valence electrons. The number of aryl methyl sites for hydroxylation is 2. The average Bonchev–Trinajstić information content (AvgIpc) is 3.26. The second-order valence-electron chi connectivity index (χ2n) is 10.8. The number of thioether (sulfide) groups is 1. The number of hydrogen-bond donors (Lipinski definition) is 2. The molecule has 6 rings (SSSR count). The first-order chi connectivity index (χ1) is 22.9. The zero-order valence-electron chi connectivity index (χ0n) is 25.1. The Kier molecular flexibility index (Phi) is 10.1. The molecule has 1 aliphatic rings. The van der Waals surface area contributed by atoms with Gasteiger partial charge in [-0.15, -0.1) is 11.8 Å². The number of anilines is 3. The van der Waals surface area contributed by atoms with Crippen LogP contribution in [-0.2, 0) is 22.4 Å². The average molecular weight is 679 g/mol. The number of para-hydroxylation sites is 2. The Morgan fingerprint density at radius 2 is 1.38 bits per heavy atom. The van der Waals surface area contributed by atoms with Gasteiger partial charge in [0.25, 0.3) is 11.8 Å². The monoisotopic (exact) mass is 677 g/mol. The summed E-state index contributed by atoms with van der Waals surface area (Å²) in [7, 11) is 0. The fraction of sp³-hybridized carbons (Fsp3) is 0.0789. The third-order valence-corrected chi connectivity index (χ3v) is 9.45. The van der Waals surface area contributed by atoms with Crippen molar-refractivity contribution in [2.75, 3.05) is 16.0 Å². The van der Waals surface area contributed by atoms with Crippen molar-refractivity contribution >= 4 is 75.8 Å². The van der Waals surface area contributed by atoms with Gasteiger partial charge >= 0.3 is 0 Å². The number of carbonyl (C=O) groups excluding carboxylic acids is 3. The highest BCUT2D eigenvalue weighted by atomic mass is 35.5. The van der Waals surface area contributed by atoms with Gasteiger partial charge in [0.2, 0.25) is 5.91 Å². The SMILES string of the molecule is O=C(Nc1cccc(SCC(=O)N2c3ccccc3CCc3ccccc32)c1)/C(=C/c1cccc(Cl)c1Cl)NC(=O)c1ccccc1. The highest BCUT2D eigenvalue weighted by molar-refractivity contribution is 8.00. The van der Waals surface area contributed by atoms with E-state index in [0.717, 1.165) is 40.2 Å². The summed E-state index contributed by atoms with van der Waals surface area (Å²) in [6.07, 6.45) is 3.20. The molecule has 0 bridgehead atoms. The van der Waals surface area contributed by atoms with Crippen LogP contribution in [0.1, 0.15) is 27.0 Å². The van der Waals surface area contributed by atoms with Crippen LogP contribution in [0.5, 0.6) is 0 Å². The first-order valence-electron chi connectivity index (χ1n) is 14.9. The standard InChI is InChI=1S/C38H29Cl2N3O3S/c39-31-17-8-14-28(36(31)40)22-32(42-37(45)27-12-2-1-3-13-27)38(46)41-29-15-9-16-30(23-29)47-24-35(44)43-33-18-6-4-10-25(33)20-21-26-11-5-7-19-34(26)43/h1-19,22-23H,20-21,24H2,(H,41,46)(H,42,45)/b32-22-. The number of benzene rings is 5. The minimum atomic E-state index is -0.554. The first-order valence-corrected chi connectivity index (χ1v) is 16.7. The van der Waals surface area contributed by atoms with E-state index in [0.29, 0.717) is 21.8 Å². The Hall–Kier alpha value is -4.82. The Balaban J connectivity index is 1.20. The number of carbonyl (C=O) groups is 3. The molecule has 1 aliphatic heterocycles. The molecule has 0 fully saturated rings. The van der Waals surface area contributed by atoms with Gasteiger partial charge in [-0.2, -0.15) is 0 Å². The van der Waals surface area contributed by atoms with E-state index < -0.39 is 11.8 Å². The van der Waals surface area contributed by atoms with Crippen LogP contribution in [0, 0.1) is 0 Å². The van der Waals surface area contributed by atoms with Gasteiger partial charge in [0.1, 0.15) is 5.70 Å². The van der Waals surface area contributed by atoms with Crippen LogP contribution in [-0.4, -0.2) is 23.5 Å². The maximum Gasteiger partial charge on any atom is 0.272 e. The van der Waals surface area contributed by atoms with E-state index in [9.17, 15) is 14.4 Å². The second-order valence-corrected chi connectivity index (χ2v) is 12.6. The topological polar surface area (TPSA) is 78.5 Å². The lowest BCUT2D eigenvalue weighted by Gasteiger charge is -2.25. The minimum absolute atomic E-state index is 0.0188. The van der Waals surface area contributed by atoms with Crippen LogP contribution in [0.2, 0.25) is 10.0 Å². The summed E-state index contributed by atoms with van der Waals surface area (Å²) in [5.41, 5.74) is 5.41. The van der Waals surface area contributed by atoms with Crippen molar-refractivity contribution in [3.63, 3.8) is 0 Å². The van der Waals surface area contributed by atoms with Gasteiger partial charge in [-0.25, -0.2) is 0 Å². The second kappa shape index (κ2) is 14.7. The van der Waals surface area contributed by atoms with Gasteiger partial charge in [-0.3, -0.25) is 19.3 Å². The van der Waals surface area contributed by atoms with Crippen LogP contribution in [0.3, 0.4) is 0 Å². The largest absolute Gasteiger partial charge is 0.321 e. The van der Waals surface area contributed by atoms with Crippen molar-refractivity contribution in [3.05, 3.63) is 159 Å². The molecule has 6 nitrogen and oxygen atoms in total. The van der Waals surface area contributed by atoms with Crippen LogP contribution < -0.4 is 15.5 Å². The summed E-state index contributed by atoms with van der Waals surface area (Å²) >= 11 is 14.0. The van der Waals surface area contributed by atoms with Crippen molar-refractivity contribution < 1.29 is 14.4 Å². The van der Waals surface area contributed by atoms with Gasteiger partial charge in [0.05, 0.1) is 27.2 Å². The molecule has 1 heterocycles. The molecule has 0 spiro atoms. The maximum absolute atomic E-state index is 13.8. The minimum Gasteiger partial charge on any atom is -0.321 e. The van der Waals surface area contributed by atoms with Crippen molar-refractivity contribution in [1.29, 1.82) is 0 Å². The van der Waals surface area contributed by atoms with E-state index in [1.165, 1.54) is 17.8 Å². The molecule has 5 aromatic rings. The number of rotatable bonds is 8. The summed E-state index contributed by atoms with van der Waals surface area (Å²) < 4.78 is 0. The van der Waals surface area contributed by atoms with E-state index in [1.54, 1.807) is 66.7 Å². The smallest absolute Gasteiger partial charge is 0.272 e. The summed E-state index contributed by atoms with van der Waals surface area (Å²) in [4.78, 5) is 43.1. The van der Waals surface area contributed by atoms with Crippen molar-refractivity contribution in [1.82, 2.24) is 5.32 Å². The molecule has 0 atom stereocenters. The summed E-state index contributed by atoms with van der Waals surface area (Å²) in [5, 5.41) is 6.16. The zero-order chi connectivity index (χ0) is 32.8. The lowest BCUT2D eigenvalue weighted by atomic mass is 10.0. The van der Waals surface area contributed by atoms with Gasteiger partial charge in [-0.1, -0.05) is 96.0 Å². The third kappa shape index (κ3) is 7.60. The molecule has 0 aliphatic carbocycles. The van der Waals surface area contributed by atoms with E-state index in [1.807, 2.05) is 47.4 Å². The molecular weight excluding hydrogens is 649 g/mol. The molecule has 0 saturated heterocycles. The Bertz CT molecular complexity index is 1950. The van der Waals surface area contributed by atoms with Gasteiger partial charge < -0.3 is 10.6 Å². The molecule has 0 aromatic heterocycles. The van der Waals surface area contributed by atoms with Crippen molar-refractivity contribution in [2.45, 2.75) is 17.7 Å². The third-order valence-electron chi connectivity index (χ3n) is 7.64. The zero-order valence-corrected chi connectivity index (χ0v) is 27.4. The van der Waals surface area contributed by atoms with Gasteiger partial charge in [0, 0.05) is 16.1 Å². The molecule has 2 N–H and O–H groups in total. The maximum atomic E-state index is 13.8. The number of hydrogen-bond acceptors (Lipinski definition) is 4. The fourth-order valence-electron chi connectivity index (χ4n) is 5.35.